The normalized spacial score (nSPS) is 12.7. The minimum Gasteiger partial charge on any atom is -0.484 e. The molecule has 160 valence electrons. The molecule has 0 radical (unpaired) electrons. The molecule has 0 spiro atoms. The van der Waals surface area contributed by atoms with Gasteiger partial charge >= 0.3 is 12.3 Å². The number of hydrogen-bond acceptors (Lipinski definition) is 6. The van der Waals surface area contributed by atoms with Gasteiger partial charge in [0, 0.05) is 11.8 Å². The van der Waals surface area contributed by atoms with Crippen molar-refractivity contribution in [2.45, 2.75) is 30.7 Å². The van der Waals surface area contributed by atoms with Gasteiger partial charge < -0.3 is 14.6 Å². The number of benzene rings is 1. The summed E-state index contributed by atoms with van der Waals surface area (Å²) in [6.45, 7) is -0.359. The van der Waals surface area contributed by atoms with Crippen molar-refractivity contribution in [1.29, 1.82) is 0 Å². The van der Waals surface area contributed by atoms with Gasteiger partial charge in [0.25, 0.3) is 0 Å². The van der Waals surface area contributed by atoms with Crippen molar-refractivity contribution in [1.82, 2.24) is 14.5 Å². The van der Waals surface area contributed by atoms with Gasteiger partial charge in [-0.15, -0.1) is 0 Å². The van der Waals surface area contributed by atoms with E-state index in [1.165, 1.54) is 23.8 Å². The summed E-state index contributed by atoms with van der Waals surface area (Å²) in [5.74, 6) is -0.178. The van der Waals surface area contributed by atoms with E-state index in [2.05, 4.69) is 14.7 Å². The fourth-order valence-corrected chi connectivity index (χ4v) is 3.95. The van der Waals surface area contributed by atoms with Crippen LogP contribution < -0.4 is 4.74 Å². The zero-order valence-electron chi connectivity index (χ0n) is 15.5. The van der Waals surface area contributed by atoms with Gasteiger partial charge in [-0.05, 0) is 25.1 Å². The number of aromatic nitrogens is 3. The van der Waals surface area contributed by atoms with E-state index in [0.717, 1.165) is 0 Å². The maximum Gasteiger partial charge on any atom is 0.507 e. The number of fused-ring (bicyclic) bond motifs is 1. The summed E-state index contributed by atoms with van der Waals surface area (Å²) in [6.07, 6.45) is -4.73. The predicted octanol–water partition coefficient (Wildman–Crippen LogP) is 3.64. The molecule has 1 aromatic carbocycles. The maximum absolute atomic E-state index is 13.0. The van der Waals surface area contributed by atoms with Crippen LogP contribution in [0, 0.1) is 6.92 Å². The molecule has 0 amide bonds. The van der Waals surface area contributed by atoms with Crippen LogP contribution in [0.1, 0.15) is 11.3 Å². The van der Waals surface area contributed by atoms with E-state index in [1.54, 1.807) is 24.3 Å². The highest BCUT2D eigenvalue weighted by atomic mass is 32.2. The minimum atomic E-state index is -4.49. The molecule has 0 aliphatic heterocycles. The van der Waals surface area contributed by atoms with Crippen LogP contribution in [0.2, 0.25) is 0 Å². The van der Waals surface area contributed by atoms with Crippen LogP contribution in [0.15, 0.2) is 41.7 Å². The number of hydrogen-bond donors (Lipinski definition) is 1. The Kier molecular flexibility index (Phi) is 6.25. The van der Waals surface area contributed by atoms with Crippen molar-refractivity contribution in [2.24, 2.45) is 0 Å². The third-order valence-corrected chi connectivity index (χ3v) is 5.31. The fraction of sp³-hybridized carbons (Fsp3) is 0.278. The number of ether oxygens (including phenoxy) is 2. The molecule has 0 bridgehead atoms. The van der Waals surface area contributed by atoms with E-state index in [9.17, 15) is 22.2 Å². The van der Waals surface area contributed by atoms with Crippen molar-refractivity contribution in [3.63, 3.8) is 0 Å². The first-order valence-electron chi connectivity index (χ1n) is 8.49. The summed E-state index contributed by atoms with van der Waals surface area (Å²) < 4.78 is 61.0. The summed E-state index contributed by atoms with van der Waals surface area (Å²) >= 11 is 0. The molecule has 1 atom stereocenters. The number of nitrogens with zero attached hydrogens (tertiary/aromatic N) is 3. The highest BCUT2D eigenvalue weighted by molar-refractivity contribution is 7.84. The summed E-state index contributed by atoms with van der Waals surface area (Å²) in [5.41, 5.74) is 1.60. The SMILES string of the molecule is Cc1c(OCC(F)(F)F)ccnc1CS(=O)c1nc2ccccc2n1COC(=O)O. The van der Waals surface area contributed by atoms with E-state index >= 15 is 0 Å². The Morgan fingerprint density at radius 1 is 1.27 bits per heavy atom. The molecular weight excluding hydrogens is 427 g/mol. The Hall–Kier alpha value is -3.15. The van der Waals surface area contributed by atoms with E-state index in [1.807, 2.05) is 0 Å². The Balaban J connectivity index is 1.88. The van der Waals surface area contributed by atoms with Crippen molar-refractivity contribution < 1.29 is 36.8 Å². The zero-order valence-corrected chi connectivity index (χ0v) is 16.4. The van der Waals surface area contributed by atoms with Crippen molar-refractivity contribution in [3.8, 4) is 5.75 Å². The van der Waals surface area contributed by atoms with Crippen LogP contribution in [0.25, 0.3) is 11.0 Å². The average molecular weight is 443 g/mol. The average Bonchev–Trinajstić information content (AvgIpc) is 3.05. The Labute approximate surface area is 170 Å². The van der Waals surface area contributed by atoms with E-state index in [-0.39, 0.29) is 22.4 Å². The standard InChI is InChI=1S/C18H16F3N3O5S/c1-11-13(22-7-6-15(11)28-9-18(19,20)21)8-30(27)16-23-12-4-2-3-5-14(12)24(16)10-29-17(25)26/h2-7H,8-10H2,1H3,(H,25,26). The lowest BCUT2D eigenvalue weighted by Gasteiger charge is -2.13. The number of pyridine rings is 1. The Morgan fingerprint density at radius 3 is 2.70 bits per heavy atom. The summed E-state index contributed by atoms with van der Waals surface area (Å²) in [4.78, 5) is 19.2. The van der Waals surface area contributed by atoms with Crippen LogP contribution in [-0.2, 0) is 28.0 Å². The van der Waals surface area contributed by atoms with Crippen molar-refractivity contribution in [2.75, 3.05) is 6.61 Å². The molecule has 8 nitrogen and oxygen atoms in total. The van der Waals surface area contributed by atoms with E-state index in [4.69, 9.17) is 9.84 Å². The third-order valence-electron chi connectivity index (χ3n) is 4.06. The molecule has 1 unspecified atom stereocenters. The van der Waals surface area contributed by atoms with Gasteiger partial charge in [0.1, 0.15) is 5.75 Å². The molecule has 1 N–H and O–H groups in total. The number of imidazole rings is 1. The smallest absolute Gasteiger partial charge is 0.484 e. The lowest BCUT2D eigenvalue weighted by atomic mass is 10.2. The molecule has 12 heteroatoms. The molecule has 30 heavy (non-hydrogen) atoms. The molecule has 0 aliphatic carbocycles. The number of para-hydroxylation sites is 2. The topological polar surface area (TPSA) is 104 Å². The van der Waals surface area contributed by atoms with Gasteiger partial charge in [0.15, 0.2) is 13.3 Å². The van der Waals surface area contributed by atoms with Crippen molar-refractivity contribution in [3.05, 3.63) is 47.8 Å². The highest BCUT2D eigenvalue weighted by Crippen LogP contribution is 2.26. The molecule has 0 fully saturated rings. The van der Waals surface area contributed by atoms with E-state index < -0.39 is 36.5 Å². The second-order valence-corrected chi connectivity index (χ2v) is 7.47. The fourth-order valence-electron chi connectivity index (χ4n) is 2.68. The molecule has 0 aliphatic rings. The molecule has 3 rings (SSSR count). The summed E-state index contributed by atoms with van der Waals surface area (Å²) in [5, 5.41) is 8.84. The van der Waals surface area contributed by atoms with Gasteiger partial charge in [0.2, 0.25) is 5.16 Å². The number of rotatable bonds is 7. The maximum atomic E-state index is 13.0. The Bertz CT molecular complexity index is 1100. The second-order valence-electron chi connectivity index (χ2n) is 6.12. The molecule has 2 heterocycles. The molecular formula is C18H16F3N3O5S. The largest absolute Gasteiger partial charge is 0.507 e. The van der Waals surface area contributed by atoms with Crippen LogP contribution in [-0.4, -0.2) is 42.8 Å². The predicted molar refractivity (Wildman–Crippen MR) is 99.5 cm³/mol. The second kappa shape index (κ2) is 8.69. The number of halogens is 3. The number of alkyl halides is 3. The summed E-state index contributed by atoms with van der Waals surface area (Å²) in [7, 11) is -1.79. The highest BCUT2D eigenvalue weighted by Gasteiger charge is 2.29. The van der Waals surface area contributed by atoms with Crippen LogP contribution in [0.5, 0.6) is 5.75 Å². The lowest BCUT2D eigenvalue weighted by molar-refractivity contribution is -0.153. The molecule has 3 aromatic rings. The first kappa shape index (κ1) is 21.6. The monoisotopic (exact) mass is 443 g/mol. The molecule has 0 saturated carbocycles. The first-order valence-corrected chi connectivity index (χ1v) is 9.81. The molecule has 0 saturated heterocycles. The number of carbonyl (C=O) groups is 1. The van der Waals surface area contributed by atoms with Crippen molar-refractivity contribution >= 4 is 28.0 Å². The number of carboxylic acid groups (broad SMARTS) is 1. The Morgan fingerprint density at radius 2 is 2.00 bits per heavy atom. The first-order chi connectivity index (χ1) is 14.2. The van der Waals surface area contributed by atoms with Crippen LogP contribution in [0.4, 0.5) is 18.0 Å². The van der Waals surface area contributed by atoms with Gasteiger partial charge in [-0.1, -0.05) is 12.1 Å². The van der Waals surface area contributed by atoms with Gasteiger partial charge in [-0.2, -0.15) is 13.2 Å². The zero-order chi connectivity index (χ0) is 21.9. The van der Waals surface area contributed by atoms with Gasteiger partial charge in [-0.3, -0.25) is 13.8 Å². The van der Waals surface area contributed by atoms with E-state index in [0.29, 0.717) is 16.6 Å². The lowest BCUT2D eigenvalue weighted by Crippen LogP contribution is -2.20. The third kappa shape index (κ3) is 5.06. The summed E-state index contributed by atoms with van der Waals surface area (Å²) in [6, 6.07) is 8.06. The van der Waals surface area contributed by atoms with Gasteiger partial charge in [-0.25, -0.2) is 9.78 Å². The van der Waals surface area contributed by atoms with Gasteiger partial charge in [0.05, 0.1) is 33.3 Å². The quantitative estimate of drug-likeness (QED) is 0.556. The van der Waals surface area contributed by atoms with Crippen LogP contribution in [0.3, 0.4) is 0 Å². The minimum absolute atomic E-state index is 0.0166. The van der Waals surface area contributed by atoms with Crippen LogP contribution >= 0.6 is 0 Å². The molecule has 2 aromatic heterocycles.